The van der Waals surface area contributed by atoms with E-state index in [1.54, 1.807) is 13.0 Å². The van der Waals surface area contributed by atoms with Crippen LogP contribution in [0.3, 0.4) is 0 Å². The topological polar surface area (TPSA) is 35.5 Å². The van der Waals surface area contributed by atoms with Crippen LogP contribution in [0.15, 0.2) is 40.4 Å². The fraction of sp³-hybridized carbons (Fsp3) is 0.250. The Kier molecular flexibility index (Phi) is 3.41. The van der Waals surface area contributed by atoms with Gasteiger partial charge in [0, 0.05) is 10.0 Å². The summed E-state index contributed by atoms with van der Waals surface area (Å²) in [6.45, 7) is 2.12. The highest BCUT2D eigenvalue weighted by molar-refractivity contribution is 9.10. The van der Waals surface area contributed by atoms with E-state index in [9.17, 15) is 4.79 Å². The molecule has 4 heteroatoms. The van der Waals surface area contributed by atoms with Crippen LogP contribution < -0.4 is 0 Å². The molecule has 0 aliphatic carbocycles. The number of cyclic esters (lactones) is 1. The summed E-state index contributed by atoms with van der Waals surface area (Å²) in [6, 6.07) is 7.77. The zero-order chi connectivity index (χ0) is 11.5. The molecule has 3 nitrogen and oxygen atoms in total. The number of hydrogen-bond acceptors (Lipinski definition) is 3. The zero-order valence-electron chi connectivity index (χ0n) is 8.77. The van der Waals surface area contributed by atoms with Gasteiger partial charge in [0.15, 0.2) is 0 Å². The highest BCUT2D eigenvalue weighted by Gasteiger charge is 2.22. The lowest BCUT2D eigenvalue weighted by atomic mass is 10.2. The Morgan fingerprint density at radius 2 is 2.19 bits per heavy atom. The summed E-state index contributed by atoms with van der Waals surface area (Å²) in [5, 5.41) is 0. The molecule has 0 aromatic heterocycles. The third-order valence-electron chi connectivity index (χ3n) is 2.29. The van der Waals surface area contributed by atoms with E-state index in [-0.39, 0.29) is 5.97 Å². The van der Waals surface area contributed by atoms with Crippen LogP contribution in [0.1, 0.15) is 12.5 Å². The van der Waals surface area contributed by atoms with Crippen molar-refractivity contribution in [2.24, 2.45) is 0 Å². The van der Waals surface area contributed by atoms with E-state index in [1.807, 2.05) is 24.3 Å². The van der Waals surface area contributed by atoms with E-state index < -0.39 is 6.29 Å². The van der Waals surface area contributed by atoms with Gasteiger partial charge in [-0.05, 0) is 24.6 Å². The van der Waals surface area contributed by atoms with Crippen molar-refractivity contribution in [3.63, 3.8) is 0 Å². The van der Waals surface area contributed by atoms with Crippen molar-refractivity contribution in [3.8, 4) is 0 Å². The second-order valence-corrected chi connectivity index (χ2v) is 4.38. The maximum atomic E-state index is 11.1. The summed E-state index contributed by atoms with van der Waals surface area (Å²) in [5.74, 6) is -0.308. The lowest BCUT2D eigenvalue weighted by Crippen LogP contribution is -2.12. The highest BCUT2D eigenvalue weighted by Crippen LogP contribution is 2.20. The van der Waals surface area contributed by atoms with E-state index >= 15 is 0 Å². The molecule has 1 aromatic rings. The fourth-order valence-electron chi connectivity index (χ4n) is 1.37. The minimum absolute atomic E-state index is 0.308. The predicted octanol–water partition coefficient (Wildman–Crippen LogP) is 2.79. The summed E-state index contributed by atoms with van der Waals surface area (Å²) in [6.07, 6.45) is 1.12. The number of esters is 1. The molecule has 2 rings (SSSR count). The minimum atomic E-state index is -0.556. The van der Waals surface area contributed by atoms with Crippen molar-refractivity contribution in [1.29, 1.82) is 0 Å². The van der Waals surface area contributed by atoms with E-state index in [4.69, 9.17) is 9.47 Å². The lowest BCUT2D eigenvalue weighted by Gasteiger charge is -2.10. The van der Waals surface area contributed by atoms with E-state index in [2.05, 4.69) is 15.9 Å². The van der Waals surface area contributed by atoms with E-state index in [1.165, 1.54) is 0 Å². The van der Waals surface area contributed by atoms with Crippen molar-refractivity contribution in [3.05, 3.63) is 46.0 Å². The van der Waals surface area contributed by atoms with Gasteiger partial charge in [0.25, 0.3) is 0 Å². The fourth-order valence-corrected chi connectivity index (χ4v) is 1.77. The van der Waals surface area contributed by atoms with Crippen molar-refractivity contribution in [1.82, 2.24) is 0 Å². The first-order chi connectivity index (χ1) is 7.66. The molecule has 1 unspecified atom stereocenters. The molecule has 1 atom stereocenters. The molecule has 1 aromatic carbocycles. The van der Waals surface area contributed by atoms with Gasteiger partial charge in [0.05, 0.1) is 6.61 Å². The van der Waals surface area contributed by atoms with Crippen LogP contribution >= 0.6 is 15.9 Å². The van der Waals surface area contributed by atoms with Crippen LogP contribution in [0.5, 0.6) is 0 Å². The maximum Gasteiger partial charge on any atom is 0.336 e. The molecule has 1 heterocycles. The third kappa shape index (κ3) is 2.51. The Balaban J connectivity index is 1.94. The van der Waals surface area contributed by atoms with Gasteiger partial charge in [-0.25, -0.2) is 4.79 Å². The molecule has 84 valence electrons. The van der Waals surface area contributed by atoms with Gasteiger partial charge in [-0.15, -0.1) is 0 Å². The Labute approximate surface area is 102 Å². The van der Waals surface area contributed by atoms with Gasteiger partial charge in [-0.1, -0.05) is 34.1 Å². The van der Waals surface area contributed by atoms with Crippen LogP contribution in [-0.2, 0) is 20.9 Å². The Bertz CT molecular complexity index is 440. The van der Waals surface area contributed by atoms with Crippen LogP contribution in [0.25, 0.3) is 0 Å². The molecule has 0 saturated heterocycles. The zero-order valence-corrected chi connectivity index (χ0v) is 10.4. The van der Waals surface area contributed by atoms with Crippen LogP contribution in [0, 0.1) is 0 Å². The van der Waals surface area contributed by atoms with Gasteiger partial charge in [-0.2, -0.15) is 0 Å². The van der Waals surface area contributed by atoms with Gasteiger partial charge in [0.1, 0.15) is 0 Å². The smallest absolute Gasteiger partial charge is 0.336 e. The average Bonchev–Trinajstić information content (AvgIpc) is 2.57. The van der Waals surface area contributed by atoms with Crippen molar-refractivity contribution in [2.75, 3.05) is 0 Å². The quantitative estimate of drug-likeness (QED) is 0.800. The van der Waals surface area contributed by atoms with Crippen LogP contribution in [0.2, 0.25) is 0 Å². The van der Waals surface area contributed by atoms with Gasteiger partial charge < -0.3 is 9.47 Å². The number of ether oxygens (including phenoxy) is 2. The standard InChI is InChI=1S/C12H11BrO3/c1-8-6-11(16-12(8)14)15-7-9-4-2-3-5-10(9)13/h2-6,11H,7H2,1H3. The predicted molar refractivity (Wildman–Crippen MR) is 62.6 cm³/mol. The summed E-state index contributed by atoms with van der Waals surface area (Å²) in [4.78, 5) is 11.1. The Morgan fingerprint density at radius 3 is 2.81 bits per heavy atom. The molecular weight excluding hydrogens is 272 g/mol. The number of carbonyl (C=O) groups is 1. The number of hydrogen-bond donors (Lipinski definition) is 0. The number of halogens is 1. The lowest BCUT2D eigenvalue weighted by molar-refractivity contribution is -0.160. The highest BCUT2D eigenvalue weighted by atomic mass is 79.9. The Morgan fingerprint density at radius 1 is 1.44 bits per heavy atom. The normalized spacial score (nSPS) is 19.5. The Hall–Kier alpha value is -1.13. The molecule has 0 saturated carbocycles. The molecule has 1 aliphatic rings. The number of carbonyl (C=O) groups excluding carboxylic acids is 1. The van der Waals surface area contributed by atoms with E-state index in [0.29, 0.717) is 12.2 Å². The molecule has 0 spiro atoms. The molecule has 0 N–H and O–H groups in total. The van der Waals surface area contributed by atoms with Gasteiger partial charge in [-0.3, -0.25) is 0 Å². The summed E-state index contributed by atoms with van der Waals surface area (Å²) in [7, 11) is 0. The first-order valence-corrected chi connectivity index (χ1v) is 5.70. The summed E-state index contributed by atoms with van der Waals surface area (Å²) < 4.78 is 11.4. The first kappa shape index (κ1) is 11.4. The van der Waals surface area contributed by atoms with Crippen molar-refractivity contribution >= 4 is 21.9 Å². The molecular formula is C12H11BrO3. The van der Waals surface area contributed by atoms with Crippen LogP contribution in [-0.4, -0.2) is 12.3 Å². The van der Waals surface area contributed by atoms with Crippen molar-refractivity contribution in [2.45, 2.75) is 19.8 Å². The second kappa shape index (κ2) is 4.80. The van der Waals surface area contributed by atoms with Crippen molar-refractivity contribution < 1.29 is 14.3 Å². The van der Waals surface area contributed by atoms with Gasteiger partial charge >= 0.3 is 5.97 Å². The van der Waals surface area contributed by atoms with Crippen LogP contribution in [0.4, 0.5) is 0 Å². The number of rotatable bonds is 3. The molecule has 0 radical (unpaired) electrons. The monoisotopic (exact) mass is 282 g/mol. The van der Waals surface area contributed by atoms with E-state index in [0.717, 1.165) is 10.0 Å². The van der Waals surface area contributed by atoms with Gasteiger partial charge in [0.2, 0.25) is 6.29 Å². The molecule has 0 bridgehead atoms. The maximum absolute atomic E-state index is 11.1. The molecule has 1 aliphatic heterocycles. The number of benzene rings is 1. The second-order valence-electron chi connectivity index (χ2n) is 3.53. The summed E-state index contributed by atoms with van der Waals surface area (Å²) in [5.41, 5.74) is 1.62. The summed E-state index contributed by atoms with van der Waals surface area (Å²) >= 11 is 3.43. The SMILES string of the molecule is CC1=CC(OCc2ccccc2Br)OC1=O. The molecule has 16 heavy (non-hydrogen) atoms. The minimum Gasteiger partial charge on any atom is -0.429 e. The first-order valence-electron chi connectivity index (χ1n) is 4.91. The molecule has 0 fully saturated rings. The largest absolute Gasteiger partial charge is 0.429 e. The third-order valence-corrected chi connectivity index (χ3v) is 3.07. The molecule has 0 amide bonds. The average molecular weight is 283 g/mol.